The summed E-state index contributed by atoms with van der Waals surface area (Å²) in [6, 6.07) is 12.5. The summed E-state index contributed by atoms with van der Waals surface area (Å²) in [5, 5.41) is 0. The Morgan fingerprint density at radius 1 is 1.05 bits per heavy atom. The first-order chi connectivity index (χ1) is 10.2. The van der Waals surface area contributed by atoms with E-state index in [1.165, 1.54) is 6.07 Å². The van der Waals surface area contributed by atoms with Crippen LogP contribution in [-0.2, 0) is 6.42 Å². The van der Waals surface area contributed by atoms with E-state index in [0.717, 1.165) is 5.56 Å². The van der Waals surface area contributed by atoms with Gasteiger partial charge in [-0.1, -0.05) is 24.3 Å². The molecule has 0 heterocycles. The fourth-order valence-corrected chi connectivity index (χ4v) is 2.42. The van der Waals surface area contributed by atoms with Crippen LogP contribution in [0, 0.1) is 5.82 Å². The van der Waals surface area contributed by atoms with Crippen LogP contribution in [0.5, 0.6) is 11.5 Å². The maximum absolute atomic E-state index is 13.9. The maximum atomic E-state index is 13.9. The van der Waals surface area contributed by atoms with E-state index in [2.05, 4.69) is 0 Å². The Morgan fingerprint density at radius 2 is 1.76 bits per heavy atom. The average Bonchev–Trinajstić information content (AvgIpc) is 2.53. The molecule has 0 radical (unpaired) electrons. The molecule has 0 aromatic heterocycles. The third-order valence-electron chi connectivity index (χ3n) is 3.56. The van der Waals surface area contributed by atoms with E-state index in [9.17, 15) is 4.39 Å². The molecule has 0 aliphatic carbocycles. The molecule has 1 atom stereocenters. The van der Waals surface area contributed by atoms with Gasteiger partial charge in [0.2, 0.25) is 0 Å². The van der Waals surface area contributed by atoms with Crippen LogP contribution in [0.3, 0.4) is 0 Å². The van der Waals surface area contributed by atoms with E-state index in [1.54, 1.807) is 26.4 Å². The standard InChI is InChI=1S/C17H20FNO2/c1-20-16-8-7-12(10-17(16)21-2)9-13(11-19)14-5-3-4-6-15(14)18/h3-8,10,13H,9,11,19H2,1-2H3. The normalized spacial score (nSPS) is 12.0. The van der Waals surface area contributed by atoms with Crippen LogP contribution in [0.25, 0.3) is 0 Å². The van der Waals surface area contributed by atoms with Crippen LogP contribution in [0.1, 0.15) is 17.0 Å². The highest BCUT2D eigenvalue weighted by molar-refractivity contribution is 5.43. The van der Waals surface area contributed by atoms with Crippen molar-refractivity contribution in [2.24, 2.45) is 5.73 Å². The summed E-state index contributed by atoms with van der Waals surface area (Å²) in [5.74, 6) is 1.06. The molecule has 3 nitrogen and oxygen atoms in total. The zero-order valence-electron chi connectivity index (χ0n) is 12.3. The van der Waals surface area contributed by atoms with Gasteiger partial charge in [0.25, 0.3) is 0 Å². The minimum absolute atomic E-state index is 0.0655. The van der Waals surface area contributed by atoms with Crippen molar-refractivity contribution >= 4 is 0 Å². The molecule has 0 bridgehead atoms. The summed E-state index contributed by atoms with van der Waals surface area (Å²) in [7, 11) is 3.19. The Bertz CT molecular complexity index is 601. The lowest BCUT2D eigenvalue weighted by atomic mass is 9.91. The van der Waals surface area contributed by atoms with Crippen molar-refractivity contribution in [3.8, 4) is 11.5 Å². The molecular formula is C17H20FNO2. The van der Waals surface area contributed by atoms with E-state index in [4.69, 9.17) is 15.2 Å². The van der Waals surface area contributed by atoms with Crippen LogP contribution < -0.4 is 15.2 Å². The summed E-state index contributed by atoms with van der Waals surface area (Å²) in [4.78, 5) is 0. The first kappa shape index (κ1) is 15.3. The summed E-state index contributed by atoms with van der Waals surface area (Å²) in [5.41, 5.74) is 7.51. The summed E-state index contributed by atoms with van der Waals surface area (Å²) in [6.07, 6.45) is 0.651. The van der Waals surface area contributed by atoms with Crippen molar-refractivity contribution < 1.29 is 13.9 Å². The van der Waals surface area contributed by atoms with Gasteiger partial charge in [0.1, 0.15) is 5.82 Å². The molecule has 0 aliphatic heterocycles. The predicted molar refractivity (Wildman–Crippen MR) is 81.4 cm³/mol. The van der Waals surface area contributed by atoms with Gasteiger partial charge in [-0.3, -0.25) is 0 Å². The van der Waals surface area contributed by atoms with Gasteiger partial charge in [0, 0.05) is 5.92 Å². The Labute approximate surface area is 124 Å². The summed E-state index contributed by atoms with van der Waals surface area (Å²) >= 11 is 0. The highest BCUT2D eigenvalue weighted by Gasteiger charge is 2.15. The third kappa shape index (κ3) is 3.52. The molecule has 4 heteroatoms. The summed E-state index contributed by atoms with van der Waals surface area (Å²) < 4.78 is 24.4. The van der Waals surface area contributed by atoms with Crippen LogP contribution in [0.15, 0.2) is 42.5 Å². The Morgan fingerprint density at radius 3 is 2.38 bits per heavy atom. The Balaban J connectivity index is 2.25. The van der Waals surface area contributed by atoms with Gasteiger partial charge in [-0.05, 0) is 42.3 Å². The monoisotopic (exact) mass is 289 g/mol. The van der Waals surface area contributed by atoms with Gasteiger partial charge in [-0.2, -0.15) is 0 Å². The zero-order chi connectivity index (χ0) is 15.2. The third-order valence-corrected chi connectivity index (χ3v) is 3.56. The Hall–Kier alpha value is -2.07. The number of methoxy groups -OCH3 is 2. The highest BCUT2D eigenvalue weighted by Crippen LogP contribution is 2.30. The zero-order valence-corrected chi connectivity index (χ0v) is 12.3. The van der Waals surface area contributed by atoms with Gasteiger partial charge in [-0.15, -0.1) is 0 Å². The number of benzene rings is 2. The second kappa shape index (κ2) is 7.09. The van der Waals surface area contributed by atoms with Gasteiger partial charge >= 0.3 is 0 Å². The molecule has 1 unspecified atom stereocenters. The molecule has 0 saturated heterocycles. The molecule has 0 fully saturated rings. The molecule has 2 rings (SSSR count). The van der Waals surface area contributed by atoms with E-state index < -0.39 is 0 Å². The number of hydrogen-bond donors (Lipinski definition) is 1. The molecular weight excluding hydrogens is 269 g/mol. The lowest BCUT2D eigenvalue weighted by molar-refractivity contribution is 0.354. The van der Waals surface area contributed by atoms with Gasteiger partial charge in [0.15, 0.2) is 11.5 Å². The van der Waals surface area contributed by atoms with Crippen molar-refractivity contribution in [1.82, 2.24) is 0 Å². The van der Waals surface area contributed by atoms with Crippen LogP contribution in [0.2, 0.25) is 0 Å². The Kier molecular flexibility index (Phi) is 5.17. The number of nitrogens with two attached hydrogens (primary N) is 1. The quantitative estimate of drug-likeness (QED) is 0.888. The van der Waals surface area contributed by atoms with Gasteiger partial charge in [0.05, 0.1) is 14.2 Å². The van der Waals surface area contributed by atoms with Gasteiger partial charge < -0.3 is 15.2 Å². The molecule has 2 aromatic rings. The topological polar surface area (TPSA) is 44.5 Å². The van der Waals surface area contributed by atoms with Crippen LogP contribution >= 0.6 is 0 Å². The SMILES string of the molecule is COc1ccc(CC(CN)c2ccccc2F)cc1OC. The minimum atomic E-state index is -0.214. The number of rotatable bonds is 6. The van der Waals surface area contributed by atoms with E-state index in [-0.39, 0.29) is 11.7 Å². The largest absolute Gasteiger partial charge is 0.493 e. The maximum Gasteiger partial charge on any atom is 0.160 e. The highest BCUT2D eigenvalue weighted by atomic mass is 19.1. The molecule has 0 amide bonds. The van der Waals surface area contributed by atoms with Crippen molar-refractivity contribution in [2.45, 2.75) is 12.3 Å². The second-order valence-corrected chi connectivity index (χ2v) is 4.85. The predicted octanol–water partition coefficient (Wildman–Crippen LogP) is 3.13. The molecule has 0 saturated carbocycles. The number of ether oxygens (including phenoxy) is 2. The lowest BCUT2D eigenvalue weighted by Crippen LogP contribution is -2.16. The smallest absolute Gasteiger partial charge is 0.160 e. The first-order valence-corrected chi connectivity index (χ1v) is 6.85. The molecule has 112 valence electrons. The number of hydrogen-bond acceptors (Lipinski definition) is 3. The van der Waals surface area contributed by atoms with Crippen molar-refractivity contribution in [3.05, 3.63) is 59.4 Å². The van der Waals surface area contributed by atoms with Crippen molar-refractivity contribution in [1.29, 1.82) is 0 Å². The van der Waals surface area contributed by atoms with E-state index in [1.807, 2.05) is 24.3 Å². The van der Waals surface area contributed by atoms with Crippen molar-refractivity contribution in [2.75, 3.05) is 20.8 Å². The minimum Gasteiger partial charge on any atom is -0.493 e. The fourth-order valence-electron chi connectivity index (χ4n) is 2.42. The molecule has 0 spiro atoms. The average molecular weight is 289 g/mol. The van der Waals surface area contributed by atoms with E-state index in [0.29, 0.717) is 30.0 Å². The molecule has 21 heavy (non-hydrogen) atoms. The molecule has 2 aromatic carbocycles. The molecule has 2 N–H and O–H groups in total. The summed E-state index contributed by atoms with van der Waals surface area (Å²) in [6.45, 7) is 0.384. The fraction of sp³-hybridized carbons (Fsp3) is 0.294. The van der Waals surface area contributed by atoms with Gasteiger partial charge in [-0.25, -0.2) is 4.39 Å². The molecule has 0 aliphatic rings. The lowest BCUT2D eigenvalue weighted by Gasteiger charge is -2.17. The second-order valence-electron chi connectivity index (χ2n) is 4.85. The van der Waals surface area contributed by atoms with Crippen LogP contribution in [0.4, 0.5) is 4.39 Å². The van der Waals surface area contributed by atoms with E-state index >= 15 is 0 Å². The van der Waals surface area contributed by atoms with Crippen LogP contribution in [-0.4, -0.2) is 20.8 Å². The van der Waals surface area contributed by atoms with Crippen molar-refractivity contribution in [3.63, 3.8) is 0 Å². The first-order valence-electron chi connectivity index (χ1n) is 6.85. The number of halogens is 1.